The SMILES string of the molecule is CCOC(=O)[C@H](O)[C@H](CC1CCCCC1)NC(=O)[C@@H](NC(=O)c1ccccc1)C(C)C. The molecule has 31 heavy (non-hydrogen) atoms. The fraction of sp³-hybridized carbons (Fsp3) is 0.625. The van der Waals surface area contributed by atoms with E-state index in [1.807, 2.05) is 19.9 Å². The van der Waals surface area contributed by atoms with Gasteiger partial charge in [0.05, 0.1) is 12.6 Å². The van der Waals surface area contributed by atoms with E-state index in [0.717, 1.165) is 25.7 Å². The van der Waals surface area contributed by atoms with Gasteiger partial charge in [-0.3, -0.25) is 9.59 Å². The molecule has 0 heterocycles. The second-order valence-electron chi connectivity index (χ2n) is 8.61. The average Bonchev–Trinajstić information content (AvgIpc) is 2.77. The summed E-state index contributed by atoms with van der Waals surface area (Å²) in [5.74, 6) is -1.34. The molecule has 1 aromatic rings. The van der Waals surface area contributed by atoms with Crippen LogP contribution in [0.5, 0.6) is 0 Å². The fourth-order valence-electron chi connectivity index (χ4n) is 4.06. The number of carbonyl (C=O) groups is 3. The molecule has 1 saturated carbocycles. The number of ether oxygens (including phenoxy) is 1. The molecule has 0 bridgehead atoms. The Hall–Kier alpha value is -2.41. The summed E-state index contributed by atoms with van der Waals surface area (Å²) in [5.41, 5.74) is 0.464. The number of hydrogen-bond acceptors (Lipinski definition) is 5. The highest BCUT2D eigenvalue weighted by atomic mass is 16.5. The number of amides is 2. The highest BCUT2D eigenvalue weighted by Crippen LogP contribution is 2.28. The van der Waals surface area contributed by atoms with E-state index in [4.69, 9.17) is 4.74 Å². The molecule has 2 amide bonds. The van der Waals surface area contributed by atoms with Gasteiger partial charge < -0.3 is 20.5 Å². The Balaban J connectivity index is 2.11. The monoisotopic (exact) mass is 432 g/mol. The molecule has 3 N–H and O–H groups in total. The molecule has 0 aromatic heterocycles. The molecule has 0 unspecified atom stereocenters. The summed E-state index contributed by atoms with van der Waals surface area (Å²) in [4.78, 5) is 37.9. The van der Waals surface area contributed by atoms with Crippen LogP contribution in [0.4, 0.5) is 0 Å². The van der Waals surface area contributed by atoms with E-state index < -0.39 is 30.1 Å². The van der Waals surface area contributed by atoms with Gasteiger partial charge in [-0.2, -0.15) is 0 Å². The van der Waals surface area contributed by atoms with E-state index in [1.165, 1.54) is 6.42 Å². The van der Waals surface area contributed by atoms with Crippen molar-refractivity contribution in [1.29, 1.82) is 0 Å². The molecule has 1 aliphatic rings. The quantitative estimate of drug-likeness (QED) is 0.493. The molecule has 0 spiro atoms. The first-order valence-electron chi connectivity index (χ1n) is 11.3. The highest BCUT2D eigenvalue weighted by molar-refractivity contribution is 5.97. The first-order valence-corrected chi connectivity index (χ1v) is 11.3. The standard InChI is InChI=1S/C24H36N2O5/c1-4-31-24(30)21(27)19(15-17-11-7-5-8-12-17)25-23(29)20(16(2)3)26-22(28)18-13-9-6-10-14-18/h6,9-10,13-14,16-17,19-21,27H,4-5,7-8,11-12,15H2,1-3H3,(H,25,29)(H,26,28)/t19-,20-,21+/m0/s1. The van der Waals surface area contributed by atoms with Gasteiger partial charge in [0.2, 0.25) is 5.91 Å². The minimum Gasteiger partial charge on any atom is -0.464 e. The number of nitrogens with one attached hydrogen (secondary N) is 2. The maximum absolute atomic E-state index is 13.1. The van der Waals surface area contributed by atoms with Crippen molar-refractivity contribution in [3.8, 4) is 0 Å². The minimum absolute atomic E-state index is 0.155. The van der Waals surface area contributed by atoms with E-state index in [9.17, 15) is 19.5 Å². The predicted molar refractivity (Wildman–Crippen MR) is 118 cm³/mol. The zero-order chi connectivity index (χ0) is 22.8. The molecule has 1 aliphatic carbocycles. The Morgan fingerprint density at radius 1 is 1.06 bits per heavy atom. The number of hydrogen-bond donors (Lipinski definition) is 3. The molecular weight excluding hydrogens is 396 g/mol. The topological polar surface area (TPSA) is 105 Å². The Morgan fingerprint density at radius 3 is 2.29 bits per heavy atom. The van der Waals surface area contributed by atoms with Gasteiger partial charge in [-0.15, -0.1) is 0 Å². The van der Waals surface area contributed by atoms with Crippen LogP contribution < -0.4 is 10.6 Å². The van der Waals surface area contributed by atoms with Crippen LogP contribution in [0.3, 0.4) is 0 Å². The molecule has 0 aliphatic heterocycles. The third-order valence-corrected chi connectivity index (χ3v) is 5.82. The second kappa shape index (κ2) is 12.4. The van der Waals surface area contributed by atoms with Gasteiger partial charge in [-0.1, -0.05) is 64.2 Å². The van der Waals surface area contributed by atoms with Gasteiger partial charge >= 0.3 is 5.97 Å². The summed E-state index contributed by atoms with van der Waals surface area (Å²) in [6.45, 7) is 5.51. The fourth-order valence-corrected chi connectivity index (χ4v) is 4.06. The summed E-state index contributed by atoms with van der Waals surface area (Å²) in [7, 11) is 0. The van der Waals surface area contributed by atoms with E-state index in [0.29, 0.717) is 17.9 Å². The Kier molecular flexibility index (Phi) is 9.98. The Bertz CT molecular complexity index is 716. The first-order chi connectivity index (χ1) is 14.8. The van der Waals surface area contributed by atoms with E-state index >= 15 is 0 Å². The van der Waals surface area contributed by atoms with Crippen LogP contribution in [0.2, 0.25) is 0 Å². The van der Waals surface area contributed by atoms with Gasteiger partial charge in [0.25, 0.3) is 5.91 Å². The molecule has 1 aromatic carbocycles. The predicted octanol–water partition coefficient (Wildman–Crippen LogP) is 2.82. The van der Waals surface area contributed by atoms with Gasteiger partial charge in [0.15, 0.2) is 6.10 Å². The van der Waals surface area contributed by atoms with Crippen LogP contribution in [0.25, 0.3) is 0 Å². The zero-order valence-corrected chi connectivity index (χ0v) is 18.8. The number of esters is 1. The molecule has 172 valence electrons. The molecule has 0 saturated heterocycles. The lowest BCUT2D eigenvalue weighted by Gasteiger charge is -2.31. The van der Waals surface area contributed by atoms with Crippen LogP contribution in [-0.2, 0) is 14.3 Å². The summed E-state index contributed by atoms with van der Waals surface area (Å²) < 4.78 is 4.98. The van der Waals surface area contributed by atoms with Crippen LogP contribution in [0.1, 0.15) is 69.7 Å². The van der Waals surface area contributed by atoms with E-state index in [-0.39, 0.29) is 18.4 Å². The van der Waals surface area contributed by atoms with Crippen LogP contribution in [0.15, 0.2) is 30.3 Å². The van der Waals surface area contributed by atoms with Gasteiger partial charge in [0, 0.05) is 5.56 Å². The summed E-state index contributed by atoms with van der Waals surface area (Å²) in [5, 5.41) is 16.2. The van der Waals surface area contributed by atoms with Crippen molar-refractivity contribution in [2.45, 2.75) is 77.5 Å². The molecule has 2 rings (SSSR count). The third kappa shape index (κ3) is 7.65. The highest BCUT2D eigenvalue weighted by Gasteiger charge is 2.34. The first kappa shape index (κ1) is 24.9. The Morgan fingerprint density at radius 2 is 1.71 bits per heavy atom. The number of carbonyl (C=O) groups excluding carboxylic acids is 3. The zero-order valence-electron chi connectivity index (χ0n) is 18.8. The summed E-state index contributed by atoms with van der Waals surface area (Å²) >= 11 is 0. The van der Waals surface area contributed by atoms with Crippen molar-refractivity contribution in [3.63, 3.8) is 0 Å². The smallest absolute Gasteiger partial charge is 0.337 e. The van der Waals surface area contributed by atoms with Crippen LogP contribution >= 0.6 is 0 Å². The summed E-state index contributed by atoms with van der Waals surface area (Å²) in [6, 6.07) is 7.14. The molecule has 7 nitrogen and oxygen atoms in total. The lowest BCUT2D eigenvalue weighted by Crippen LogP contribution is -2.56. The van der Waals surface area contributed by atoms with Crippen molar-refractivity contribution >= 4 is 17.8 Å². The molecule has 0 radical (unpaired) electrons. The number of rotatable bonds is 10. The van der Waals surface area contributed by atoms with Crippen molar-refractivity contribution in [1.82, 2.24) is 10.6 Å². The van der Waals surface area contributed by atoms with Gasteiger partial charge in [-0.05, 0) is 37.3 Å². The third-order valence-electron chi connectivity index (χ3n) is 5.82. The van der Waals surface area contributed by atoms with Crippen molar-refractivity contribution < 1.29 is 24.2 Å². The maximum atomic E-state index is 13.1. The molecule has 1 fully saturated rings. The van der Waals surface area contributed by atoms with Gasteiger partial charge in [-0.25, -0.2) is 4.79 Å². The van der Waals surface area contributed by atoms with Crippen molar-refractivity contribution in [2.24, 2.45) is 11.8 Å². The van der Waals surface area contributed by atoms with Crippen LogP contribution in [-0.4, -0.2) is 47.7 Å². The van der Waals surface area contributed by atoms with Crippen molar-refractivity contribution in [2.75, 3.05) is 6.61 Å². The lowest BCUT2D eigenvalue weighted by molar-refractivity contribution is -0.155. The second-order valence-corrected chi connectivity index (χ2v) is 8.61. The van der Waals surface area contributed by atoms with E-state index in [1.54, 1.807) is 31.2 Å². The minimum atomic E-state index is -1.44. The number of benzene rings is 1. The maximum Gasteiger partial charge on any atom is 0.337 e. The lowest BCUT2D eigenvalue weighted by atomic mass is 9.83. The molecule has 3 atom stereocenters. The molecule has 7 heteroatoms. The number of aliphatic hydroxyl groups is 1. The average molecular weight is 433 g/mol. The molecular formula is C24H36N2O5. The van der Waals surface area contributed by atoms with Gasteiger partial charge in [0.1, 0.15) is 6.04 Å². The summed E-state index contributed by atoms with van der Waals surface area (Å²) in [6.07, 6.45) is 4.51. The van der Waals surface area contributed by atoms with Crippen molar-refractivity contribution in [3.05, 3.63) is 35.9 Å². The largest absolute Gasteiger partial charge is 0.464 e. The number of aliphatic hydroxyl groups excluding tert-OH is 1. The van der Waals surface area contributed by atoms with E-state index in [2.05, 4.69) is 10.6 Å². The van der Waals surface area contributed by atoms with Crippen LogP contribution in [0, 0.1) is 11.8 Å². The Labute approximate surface area is 184 Å². The normalized spacial score (nSPS) is 17.5.